The van der Waals surface area contributed by atoms with E-state index in [0.29, 0.717) is 39.4 Å². The van der Waals surface area contributed by atoms with Gasteiger partial charge < -0.3 is 15.4 Å². The molecule has 1 aromatic rings. The van der Waals surface area contributed by atoms with E-state index in [1.807, 2.05) is 29.2 Å². The van der Waals surface area contributed by atoms with Gasteiger partial charge in [-0.1, -0.05) is 18.2 Å². The Morgan fingerprint density at radius 1 is 1.33 bits per heavy atom. The van der Waals surface area contributed by atoms with Crippen molar-refractivity contribution in [2.75, 3.05) is 38.6 Å². The van der Waals surface area contributed by atoms with Gasteiger partial charge in [-0.15, -0.1) is 0 Å². The van der Waals surface area contributed by atoms with Crippen LogP contribution in [-0.4, -0.2) is 54.6 Å². The van der Waals surface area contributed by atoms with Gasteiger partial charge in [-0.3, -0.25) is 9.69 Å². The van der Waals surface area contributed by atoms with Crippen LogP contribution in [0.25, 0.3) is 0 Å². The van der Waals surface area contributed by atoms with E-state index < -0.39 is 0 Å². The standard InChI is InChI=1S/C16H25N3O2/c1-13(2)19(11-14-5-3-4-6-15(14)17)12-16(20)18-7-9-21-10-8-18/h3-6,13H,7-12,17H2,1-2H3. The second kappa shape index (κ2) is 7.43. The predicted molar refractivity (Wildman–Crippen MR) is 83.8 cm³/mol. The number of nitrogens with zero attached hydrogens (tertiary/aromatic N) is 2. The minimum absolute atomic E-state index is 0.168. The maximum Gasteiger partial charge on any atom is 0.236 e. The Hall–Kier alpha value is -1.59. The van der Waals surface area contributed by atoms with Crippen molar-refractivity contribution in [1.82, 2.24) is 9.80 Å². The maximum atomic E-state index is 12.4. The zero-order valence-electron chi connectivity index (χ0n) is 12.9. The molecule has 0 radical (unpaired) electrons. The van der Waals surface area contributed by atoms with E-state index in [1.54, 1.807) is 0 Å². The van der Waals surface area contributed by atoms with Crippen molar-refractivity contribution in [2.24, 2.45) is 0 Å². The van der Waals surface area contributed by atoms with E-state index in [-0.39, 0.29) is 11.9 Å². The van der Waals surface area contributed by atoms with E-state index in [4.69, 9.17) is 10.5 Å². The van der Waals surface area contributed by atoms with Gasteiger partial charge in [-0.2, -0.15) is 0 Å². The van der Waals surface area contributed by atoms with Gasteiger partial charge >= 0.3 is 0 Å². The number of hydrogen-bond donors (Lipinski definition) is 1. The molecule has 1 amide bonds. The van der Waals surface area contributed by atoms with Crippen LogP contribution in [0.1, 0.15) is 19.4 Å². The van der Waals surface area contributed by atoms with Crippen molar-refractivity contribution in [3.63, 3.8) is 0 Å². The first-order valence-corrected chi connectivity index (χ1v) is 7.51. The van der Waals surface area contributed by atoms with Gasteiger partial charge in [-0.25, -0.2) is 0 Å². The molecule has 0 unspecified atom stereocenters. The molecule has 1 fully saturated rings. The molecule has 1 heterocycles. The first-order valence-electron chi connectivity index (χ1n) is 7.51. The van der Waals surface area contributed by atoms with Crippen molar-refractivity contribution in [3.8, 4) is 0 Å². The second-order valence-corrected chi connectivity index (χ2v) is 5.69. The summed E-state index contributed by atoms with van der Waals surface area (Å²) in [7, 11) is 0. The fourth-order valence-corrected chi connectivity index (χ4v) is 2.40. The van der Waals surface area contributed by atoms with Crippen LogP contribution in [0.4, 0.5) is 5.69 Å². The maximum absolute atomic E-state index is 12.4. The summed E-state index contributed by atoms with van der Waals surface area (Å²) in [6.07, 6.45) is 0. The molecule has 116 valence electrons. The number of morpholine rings is 1. The average Bonchev–Trinajstić information content (AvgIpc) is 2.49. The summed E-state index contributed by atoms with van der Waals surface area (Å²) in [6.45, 7) is 7.98. The van der Waals surface area contributed by atoms with Gasteiger partial charge in [0.2, 0.25) is 5.91 Å². The molecule has 5 heteroatoms. The van der Waals surface area contributed by atoms with Crippen molar-refractivity contribution in [3.05, 3.63) is 29.8 Å². The SMILES string of the molecule is CC(C)N(CC(=O)N1CCOCC1)Cc1ccccc1N. The molecule has 0 spiro atoms. The van der Waals surface area contributed by atoms with E-state index in [0.717, 1.165) is 11.3 Å². The number of hydrogen-bond acceptors (Lipinski definition) is 4. The lowest BCUT2D eigenvalue weighted by atomic mass is 10.1. The quantitative estimate of drug-likeness (QED) is 0.832. The zero-order chi connectivity index (χ0) is 15.2. The Kier molecular flexibility index (Phi) is 5.59. The Bertz CT molecular complexity index is 470. The number of anilines is 1. The highest BCUT2D eigenvalue weighted by Crippen LogP contribution is 2.15. The van der Waals surface area contributed by atoms with Gasteiger partial charge in [0.15, 0.2) is 0 Å². The Labute approximate surface area is 126 Å². The number of carbonyl (C=O) groups excluding carboxylic acids is 1. The summed E-state index contributed by atoms with van der Waals surface area (Å²) in [5.74, 6) is 0.168. The summed E-state index contributed by atoms with van der Waals surface area (Å²) in [6, 6.07) is 8.11. The van der Waals surface area contributed by atoms with Crippen LogP contribution in [-0.2, 0) is 16.1 Å². The van der Waals surface area contributed by atoms with Crippen molar-refractivity contribution in [2.45, 2.75) is 26.4 Å². The number of para-hydroxylation sites is 1. The molecule has 2 N–H and O–H groups in total. The number of carbonyl (C=O) groups is 1. The molecule has 1 aromatic carbocycles. The summed E-state index contributed by atoms with van der Waals surface area (Å²) >= 11 is 0. The smallest absolute Gasteiger partial charge is 0.236 e. The molecule has 1 saturated heterocycles. The highest BCUT2D eigenvalue weighted by molar-refractivity contribution is 5.78. The number of amides is 1. The molecule has 0 atom stereocenters. The van der Waals surface area contributed by atoms with E-state index in [9.17, 15) is 4.79 Å². The monoisotopic (exact) mass is 291 g/mol. The summed E-state index contributed by atoms with van der Waals surface area (Å²) in [4.78, 5) is 16.4. The third kappa shape index (κ3) is 4.44. The highest BCUT2D eigenvalue weighted by atomic mass is 16.5. The molecular formula is C16H25N3O2. The van der Waals surface area contributed by atoms with Crippen LogP contribution in [0.2, 0.25) is 0 Å². The normalized spacial score (nSPS) is 15.7. The van der Waals surface area contributed by atoms with Crippen molar-refractivity contribution < 1.29 is 9.53 Å². The van der Waals surface area contributed by atoms with Crippen LogP contribution in [0.5, 0.6) is 0 Å². The Balaban J connectivity index is 1.99. The van der Waals surface area contributed by atoms with Crippen molar-refractivity contribution in [1.29, 1.82) is 0 Å². The fraction of sp³-hybridized carbons (Fsp3) is 0.562. The number of benzene rings is 1. The molecule has 0 saturated carbocycles. The van der Waals surface area contributed by atoms with Gasteiger partial charge in [0.25, 0.3) is 0 Å². The minimum Gasteiger partial charge on any atom is -0.398 e. The number of nitrogens with two attached hydrogens (primary N) is 1. The topological polar surface area (TPSA) is 58.8 Å². The lowest BCUT2D eigenvalue weighted by Gasteiger charge is -2.32. The molecule has 1 aliphatic rings. The molecule has 0 bridgehead atoms. The molecule has 0 aliphatic carbocycles. The molecule has 21 heavy (non-hydrogen) atoms. The molecular weight excluding hydrogens is 266 g/mol. The van der Waals surface area contributed by atoms with Gasteiger partial charge in [0.05, 0.1) is 19.8 Å². The van der Waals surface area contributed by atoms with Gasteiger partial charge in [0, 0.05) is 31.4 Å². The molecule has 2 rings (SSSR count). The molecule has 1 aliphatic heterocycles. The van der Waals surface area contributed by atoms with Crippen LogP contribution in [0.15, 0.2) is 24.3 Å². The van der Waals surface area contributed by atoms with Gasteiger partial charge in [-0.05, 0) is 25.5 Å². The Morgan fingerprint density at radius 2 is 2.00 bits per heavy atom. The lowest BCUT2D eigenvalue weighted by molar-refractivity contribution is -0.137. The first kappa shape index (κ1) is 15.8. The lowest BCUT2D eigenvalue weighted by Crippen LogP contribution is -2.47. The second-order valence-electron chi connectivity index (χ2n) is 5.69. The van der Waals surface area contributed by atoms with Gasteiger partial charge in [0.1, 0.15) is 0 Å². The number of ether oxygens (including phenoxy) is 1. The van der Waals surface area contributed by atoms with E-state index >= 15 is 0 Å². The summed E-state index contributed by atoms with van der Waals surface area (Å²) in [5, 5.41) is 0. The van der Waals surface area contributed by atoms with Crippen LogP contribution in [0.3, 0.4) is 0 Å². The zero-order valence-corrected chi connectivity index (χ0v) is 12.9. The Morgan fingerprint density at radius 3 is 2.62 bits per heavy atom. The molecule has 5 nitrogen and oxygen atoms in total. The average molecular weight is 291 g/mol. The number of rotatable bonds is 5. The summed E-state index contributed by atoms with van der Waals surface area (Å²) in [5.41, 5.74) is 7.85. The first-order chi connectivity index (χ1) is 10.1. The van der Waals surface area contributed by atoms with Crippen LogP contribution < -0.4 is 5.73 Å². The molecule has 0 aromatic heterocycles. The van der Waals surface area contributed by atoms with Crippen LogP contribution in [0, 0.1) is 0 Å². The minimum atomic E-state index is 0.168. The van der Waals surface area contributed by atoms with Crippen molar-refractivity contribution >= 4 is 11.6 Å². The van der Waals surface area contributed by atoms with E-state index in [2.05, 4.69) is 18.7 Å². The fourth-order valence-electron chi connectivity index (χ4n) is 2.40. The van der Waals surface area contributed by atoms with Crippen LogP contribution >= 0.6 is 0 Å². The summed E-state index contributed by atoms with van der Waals surface area (Å²) < 4.78 is 5.29. The largest absolute Gasteiger partial charge is 0.398 e. The predicted octanol–water partition coefficient (Wildman–Crippen LogP) is 1.34. The van der Waals surface area contributed by atoms with E-state index in [1.165, 1.54) is 0 Å². The third-order valence-corrected chi connectivity index (χ3v) is 3.86. The highest BCUT2D eigenvalue weighted by Gasteiger charge is 2.21. The third-order valence-electron chi connectivity index (χ3n) is 3.86. The number of nitrogen functional groups attached to an aromatic ring is 1.